The molecule has 1 aromatic rings. The van der Waals surface area contributed by atoms with Crippen LogP contribution in [0.2, 0.25) is 0 Å². The number of carbonyl (C=O) groups is 2. The number of carbonyl (C=O) groups excluding carboxylic acids is 1. The number of ether oxygens (including phenoxy) is 1. The summed E-state index contributed by atoms with van der Waals surface area (Å²) in [7, 11) is 0. The predicted molar refractivity (Wildman–Crippen MR) is 73.0 cm³/mol. The van der Waals surface area contributed by atoms with E-state index in [1.54, 1.807) is 6.07 Å². The van der Waals surface area contributed by atoms with E-state index in [2.05, 4.69) is 21.2 Å². The molecule has 1 heterocycles. The molecule has 1 aromatic carbocycles. The van der Waals surface area contributed by atoms with Gasteiger partial charge in [-0.15, -0.1) is 0 Å². The van der Waals surface area contributed by atoms with Crippen molar-refractivity contribution in [3.63, 3.8) is 0 Å². The van der Waals surface area contributed by atoms with E-state index in [4.69, 9.17) is 9.84 Å². The van der Waals surface area contributed by atoms with E-state index in [1.165, 1.54) is 0 Å². The standard InChI is InChI=1S/C13H14BrNO4/c1-7-6-8(14)2-3-9(7)15-12(16)10-4-5-11(19-10)13(17)18/h2-3,6,10-11H,4-5H2,1H3,(H,15,16)(H,17,18)/t10-,11+/m0/s1. The third kappa shape index (κ3) is 3.33. The van der Waals surface area contributed by atoms with Crippen LogP contribution in [0.5, 0.6) is 0 Å². The average Bonchev–Trinajstić information content (AvgIpc) is 2.82. The summed E-state index contributed by atoms with van der Waals surface area (Å²) in [4.78, 5) is 22.7. The number of aliphatic carboxylic acids is 1. The van der Waals surface area contributed by atoms with Gasteiger partial charge < -0.3 is 15.2 Å². The molecule has 1 fully saturated rings. The van der Waals surface area contributed by atoms with Gasteiger partial charge in [-0.1, -0.05) is 15.9 Å². The van der Waals surface area contributed by atoms with Gasteiger partial charge in [-0.3, -0.25) is 4.79 Å². The van der Waals surface area contributed by atoms with Crippen LogP contribution < -0.4 is 5.32 Å². The van der Waals surface area contributed by atoms with Gasteiger partial charge in [-0.05, 0) is 43.5 Å². The topological polar surface area (TPSA) is 75.6 Å². The molecule has 0 spiro atoms. The number of hydrogen-bond donors (Lipinski definition) is 2. The maximum Gasteiger partial charge on any atom is 0.332 e. The molecule has 1 saturated heterocycles. The van der Waals surface area contributed by atoms with E-state index in [0.717, 1.165) is 10.0 Å². The minimum atomic E-state index is -1.02. The summed E-state index contributed by atoms with van der Waals surface area (Å²) in [6.07, 6.45) is -0.767. The van der Waals surface area contributed by atoms with Gasteiger partial charge in [-0.25, -0.2) is 4.79 Å². The zero-order valence-electron chi connectivity index (χ0n) is 10.4. The smallest absolute Gasteiger partial charge is 0.332 e. The van der Waals surface area contributed by atoms with E-state index < -0.39 is 18.2 Å². The average molecular weight is 328 g/mol. The van der Waals surface area contributed by atoms with Crippen LogP contribution in [0, 0.1) is 6.92 Å². The lowest BCUT2D eigenvalue weighted by Crippen LogP contribution is -2.30. The van der Waals surface area contributed by atoms with Crippen LogP contribution in [-0.4, -0.2) is 29.2 Å². The Morgan fingerprint density at radius 2 is 2.05 bits per heavy atom. The van der Waals surface area contributed by atoms with Gasteiger partial charge in [0, 0.05) is 10.2 Å². The highest BCUT2D eigenvalue weighted by atomic mass is 79.9. The molecule has 1 amide bonds. The summed E-state index contributed by atoms with van der Waals surface area (Å²) in [6.45, 7) is 1.88. The van der Waals surface area contributed by atoms with Crippen molar-refractivity contribution in [1.29, 1.82) is 0 Å². The van der Waals surface area contributed by atoms with E-state index in [9.17, 15) is 9.59 Å². The summed E-state index contributed by atoms with van der Waals surface area (Å²) >= 11 is 3.35. The monoisotopic (exact) mass is 327 g/mol. The van der Waals surface area contributed by atoms with Crippen molar-refractivity contribution >= 4 is 33.5 Å². The molecule has 2 atom stereocenters. The Morgan fingerprint density at radius 3 is 2.63 bits per heavy atom. The first kappa shape index (κ1) is 14.0. The minimum absolute atomic E-state index is 0.297. The molecular formula is C13H14BrNO4. The molecule has 19 heavy (non-hydrogen) atoms. The predicted octanol–water partition coefficient (Wildman–Crippen LogP) is 2.33. The molecule has 0 radical (unpaired) electrons. The van der Waals surface area contributed by atoms with Crippen LogP contribution in [0.15, 0.2) is 22.7 Å². The Hall–Kier alpha value is -1.40. The fourth-order valence-corrected chi connectivity index (χ4v) is 2.47. The Bertz CT molecular complexity index is 517. The number of carboxylic acids is 1. The highest BCUT2D eigenvalue weighted by Crippen LogP contribution is 2.24. The van der Waals surface area contributed by atoms with Crippen LogP contribution in [0.4, 0.5) is 5.69 Å². The van der Waals surface area contributed by atoms with Gasteiger partial charge in [-0.2, -0.15) is 0 Å². The second kappa shape index (κ2) is 5.71. The molecular weight excluding hydrogens is 314 g/mol. The zero-order valence-corrected chi connectivity index (χ0v) is 11.9. The largest absolute Gasteiger partial charge is 0.479 e. The zero-order chi connectivity index (χ0) is 14.0. The first-order valence-corrected chi connectivity index (χ1v) is 6.72. The maximum atomic E-state index is 12.0. The number of halogens is 1. The van der Waals surface area contributed by atoms with Gasteiger partial charge in [0.15, 0.2) is 6.10 Å². The van der Waals surface area contributed by atoms with Gasteiger partial charge in [0.2, 0.25) is 0 Å². The number of aryl methyl sites for hydroxylation is 1. The number of anilines is 1. The lowest BCUT2D eigenvalue weighted by molar-refractivity contribution is -0.150. The third-order valence-electron chi connectivity index (χ3n) is 3.03. The normalized spacial score (nSPS) is 22.2. The van der Waals surface area contributed by atoms with Gasteiger partial charge in [0.1, 0.15) is 6.10 Å². The third-order valence-corrected chi connectivity index (χ3v) is 3.53. The fraction of sp³-hybridized carbons (Fsp3) is 0.385. The van der Waals surface area contributed by atoms with Crippen molar-refractivity contribution in [3.05, 3.63) is 28.2 Å². The number of carboxylic acid groups (broad SMARTS) is 1. The summed E-state index contributed by atoms with van der Waals surface area (Å²) in [6, 6.07) is 5.52. The first-order valence-electron chi connectivity index (χ1n) is 5.92. The van der Waals surface area contributed by atoms with Gasteiger partial charge in [0.05, 0.1) is 0 Å². The molecule has 0 unspecified atom stereocenters. The van der Waals surface area contributed by atoms with Crippen molar-refractivity contribution < 1.29 is 19.4 Å². The van der Waals surface area contributed by atoms with Crippen molar-refractivity contribution in [3.8, 4) is 0 Å². The first-order chi connectivity index (χ1) is 8.97. The highest BCUT2D eigenvalue weighted by molar-refractivity contribution is 9.10. The van der Waals surface area contributed by atoms with E-state index in [1.807, 2.05) is 19.1 Å². The lowest BCUT2D eigenvalue weighted by Gasteiger charge is -2.13. The molecule has 5 nitrogen and oxygen atoms in total. The van der Waals surface area contributed by atoms with Crippen LogP contribution in [0.3, 0.4) is 0 Å². The van der Waals surface area contributed by atoms with Crippen LogP contribution in [0.1, 0.15) is 18.4 Å². The molecule has 0 aromatic heterocycles. The summed E-state index contributed by atoms with van der Waals surface area (Å²) in [5.74, 6) is -1.32. The maximum absolute atomic E-state index is 12.0. The Morgan fingerprint density at radius 1 is 1.37 bits per heavy atom. The molecule has 102 valence electrons. The Kier molecular flexibility index (Phi) is 4.21. The molecule has 2 N–H and O–H groups in total. The lowest BCUT2D eigenvalue weighted by atomic mass is 10.1. The molecule has 0 bridgehead atoms. The fourth-order valence-electron chi connectivity index (χ4n) is 1.99. The molecule has 0 saturated carbocycles. The molecule has 1 aliphatic rings. The van der Waals surface area contributed by atoms with Crippen LogP contribution >= 0.6 is 15.9 Å². The quantitative estimate of drug-likeness (QED) is 0.893. The number of rotatable bonds is 3. The number of benzene rings is 1. The van der Waals surface area contributed by atoms with Crippen molar-refractivity contribution in [2.45, 2.75) is 32.0 Å². The number of amides is 1. The van der Waals surface area contributed by atoms with Crippen molar-refractivity contribution in [2.75, 3.05) is 5.32 Å². The second-order valence-electron chi connectivity index (χ2n) is 4.48. The van der Waals surface area contributed by atoms with Gasteiger partial charge in [0.25, 0.3) is 5.91 Å². The number of nitrogens with one attached hydrogen (secondary N) is 1. The second-order valence-corrected chi connectivity index (χ2v) is 5.39. The van der Waals surface area contributed by atoms with Crippen molar-refractivity contribution in [1.82, 2.24) is 0 Å². The Labute approximate surface area is 119 Å². The molecule has 0 aliphatic carbocycles. The molecule has 6 heteroatoms. The molecule has 1 aliphatic heterocycles. The van der Waals surface area contributed by atoms with Crippen LogP contribution in [-0.2, 0) is 14.3 Å². The van der Waals surface area contributed by atoms with Crippen molar-refractivity contribution in [2.24, 2.45) is 0 Å². The van der Waals surface area contributed by atoms with Crippen LogP contribution in [0.25, 0.3) is 0 Å². The highest BCUT2D eigenvalue weighted by Gasteiger charge is 2.34. The Balaban J connectivity index is 2.00. The van der Waals surface area contributed by atoms with E-state index >= 15 is 0 Å². The SMILES string of the molecule is Cc1cc(Br)ccc1NC(=O)[C@@H]1CC[C@H](C(=O)O)O1. The summed E-state index contributed by atoms with van der Waals surface area (Å²) < 4.78 is 6.14. The number of hydrogen-bond acceptors (Lipinski definition) is 3. The summed E-state index contributed by atoms with van der Waals surface area (Å²) in [5, 5.41) is 11.6. The molecule has 2 rings (SSSR count). The van der Waals surface area contributed by atoms with E-state index in [0.29, 0.717) is 18.5 Å². The minimum Gasteiger partial charge on any atom is -0.479 e. The van der Waals surface area contributed by atoms with E-state index in [-0.39, 0.29) is 5.91 Å². The summed E-state index contributed by atoms with van der Waals surface area (Å²) in [5.41, 5.74) is 1.63. The van der Waals surface area contributed by atoms with Gasteiger partial charge >= 0.3 is 5.97 Å².